The molecule has 0 aromatic carbocycles. The largest absolute Gasteiger partial charge is 0.467 e. The maximum absolute atomic E-state index is 5.68. The highest BCUT2D eigenvalue weighted by Gasteiger charge is 2.33. The van der Waals surface area contributed by atoms with E-state index < -0.39 is 0 Å². The number of furan rings is 1. The quantitative estimate of drug-likeness (QED) is 0.442. The molecule has 4 aromatic rings. The SMILES string of the molecule is c1coc([C@@H]2CC(c3cccs3)=NN2c2nc(-c3cccs3)cs2)c1. The third-order valence-corrected chi connectivity index (χ3v) is 6.69. The smallest absolute Gasteiger partial charge is 0.207 e. The van der Waals surface area contributed by atoms with E-state index in [1.807, 2.05) is 23.2 Å². The predicted molar refractivity (Wildman–Crippen MR) is 105 cm³/mol. The fourth-order valence-electron chi connectivity index (χ4n) is 2.89. The number of anilines is 1. The van der Waals surface area contributed by atoms with Crippen molar-refractivity contribution in [3.05, 3.63) is 69.4 Å². The van der Waals surface area contributed by atoms with Crippen LogP contribution in [0.2, 0.25) is 0 Å². The van der Waals surface area contributed by atoms with E-state index in [9.17, 15) is 0 Å². The van der Waals surface area contributed by atoms with Gasteiger partial charge in [0.1, 0.15) is 11.8 Å². The van der Waals surface area contributed by atoms with Gasteiger partial charge in [0.25, 0.3) is 0 Å². The van der Waals surface area contributed by atoms with Crippen LogP contribution < -0.4 is 5.01 Å². The molecule has 4 nitrogen and oxygen atoms in total. The lowest BCUT2D eigenvalue weighted by molar-refractivity contribution is 0.465. The normalized spacial score (nSPS) is 17.2. The fraction of sp³-hybridized carbons (Fsp3) is 0.111. The minimum atomic E-state index is 0.0504. The van der Waals surface area contributed by atoms with E-state index in [0.717, 1.165) is 28.7 Å². The molecule has 5 heterocycles. The summed E-state index contributed by atoms with van der Waals surface area (Å²) in [6.45, 7) is 0. The molecule has 0 bridgehead atoms. The molecular formula is C18H13N3OS3. The molecule has 0 aliphatic carbocycles. The van der Waals surface area contributed by atoms with E-state index in [1.54, 1.807) is 40.3 Å². The molecule has 0 N–H and O–H groups in total. The first kappa shape index (κ1) is 15.1. The monoisotopic (exact) mass is 383 g/mol. The Morgan fingerprint density at radius 2 is 1.84 bits per heavy atom. The highest BCUT2D eigenvalue weighted by molar-refractivity contribution is 7.16. The Morgan fingerprint density at radius 3 is 2.56 bits per heavy atom. The van der Waals surface area contributed by atoms with Gasteiger partial charge in [-0.3, -0.25) is 0 Å². The van der Waals surface area contributed by atoms with Crippen molar-refractivity contribution in [2.75, 3.05) is 5.01 Å². The van der Waals surface area contributed by atoms with Crippen molar-refractivity contribution in [1.82, 2.24) is 4.98 Å². The molecule has 7 heteroatoms. The van der Waals surface area contributed by atoms with Gasteiger partial charge in [-0.1, -0.05) is 12.1 Å². The number of hydrazone groups is 1. The second kappa shape index (κ2) is 6.25. The van der Waals surface area contributed by atoms with Gasteiger partial charge in [-0.25, -0.2) is 9.99 Å². The number of hydrogen-bond donors (Lipinski definition) is 0. The minimum absolute atomic E-state index is 0.0504. The van der Waals surface area contributed by atoms with Gasteiger partial charge in [0.15, 0.2) is 0 Å². The number of thiazole rings is 1. The van der Waals surface area contributed by atoms with Gasteiger partial charge < -0.3 is 4.42 Å². The standard InChI is InChI=1S/C18H13N3OS3/c1-4-15(22-7-1)14-10-12(16-5-2-8-23-16)20-21(14)18-19-13(11-25-18)17-6-3-9-24-17/h1-9,11,14H,10H2/t14-/m0/s1. The van der Waals surface area contributed by atoms with E-state index >= 15 is 0 Å². The van der Waals surface area contributed by atoms with Gasteiger partial charge in [0, 0.05) is 11.8 Å². The van der Waals surface area contributed by atoms with Crippen LogP contribution >= 0.6 is 34.0 Å². The van der Waals surface area contributed by atoms with Crippen molar-refractivity contribution >= 4 is 44.9 Å². The second-order valence-electron chi connectivity index (χ2n) is 5.60. The van der Waals surface area contributed by atoms with E-state index in [-0.39, 0.29) is 6.04 Å². The van der Waals surface area contributed by atoms with Crippen LogP contribution in [0.1, 0.15) is 23.1 Å². The van der Waals surface area contributed by atoms with Crippen LogP contribution in [0.25, 0.3) is 10.6 Å². The third-order valence-electron chi connectivity index (χ3n) is 4.05. The molecule has 25 heavy (non-hydrogen) atoms. The van der Waals surface area contributed by atoms with E-state index in [0.29, 0.717) is 0 Å². The summed E-state index contributed by atoms with van der Waals surface area (Å²) in [5, 5.41) is 14.0. The second-order valence-corrected chi connectivity index (χ2v) is 8.33. The first-order valence-corrected chi connectivity index (χ1v) is 10.5. The Balaban J connectivity index is 1.54. The number of aromatic nitrogens is 1. The van der Waals surface area contributed by atoms with Gasteiger partial charge in [-0.05, 0) is 35.0 Å². The molecule has 0 amide bonds. The number of nitrogens with zero attached hydrogens (tertiary/aromatic N) is 3. The van der Waals surface area contributed by atoms with E-state index in [4.69, 9.17) is 14.5 Å². The van der Waals surface area contributed by atoms with Crippen molar-refractivity contribution in [3.8, 4) is 10.6 Å². The average molecular weight is 384 g/mol. The molecule has 4 aromatic heterocycles. The maximum atomic E-state index is 5.68. The van der Waals surface area contributed by atoms with Gasteiger partial charge in [-0.2, -0.15) is 5.10 Å². The summed E-state index contributed by atoms with van der Waals surface area (Å²) in [6, 6.07) is 12.3. The highest BCUT2D eigenvalue weighted by Crippen LogP contribution is 2.40. The molecule has 0 spiro atoms. The number of thiophene rings is 2. The zero-order chi connectivity index (χ0) is 16.6. The maximum Gasteiger partial charge on any atom is 0.207 e. The summed E-state index contributed by atoms with van der Waals surface area (Å²) in [7, 11) is 0. The molecular weight excluding hydrogens is 370 g/mol. The zero-order valence-corrected chi connectivity index (χ0v) is 15.5. The molecule has 5 rings (SSSR count). The van der Waals surface area contributed by atoms with Crippen molar-refractivity contribution in [2.24, 2.45) is 5.10 Å². The summed E-state index contributed by atoms with van der Waals surface area (Å²) >= 11 is 5.04. The van der Waals surface area contributed by atoms with Crippen LogP contribution in [0, 0.1) is 0 Å². The Hall–Kier alpha value is -2.22. The first-order chi connectivity index (χ1) is 12.4. The zero-order valence-electron chi connectivity index (χ0n) is 13.0. The van der Waals surface area contributed by atoms with Crippen LogP contribution in [0.5, 0.6) is 0 Å². The molecule has 1 aliphatic heterocycles. The van der Waals surface area contributed by atoms with Crippen LogP contribution in [0.3, 0.4) is 0 Å². The minimum Gasteiger partial charge on any atom is -0.467 e. The van der Waals surface area contributed by atoms with Gasteiger partial charge in [0.05, 0.1) is 27.4 Å². The first-order valence-electron chi connectivity index (χ1n) is 7.82. The van der Waals surface area contributed by atoms with Gasteiger partial charge >= 0.3 is 0 Å². The summed E-state index contributed by atoms with van der Waals surface area (Å²) in [6.07, 6.45) is 2.54. The Bertz CT molecular complexity index is 985. The Kier molecular flexibility index (Phi) is 3.77. The molecule has 1 aliphatic rings. The van der Waals surface area contributed by atoms with Crippen molar-refractivity contribution < 1.29 is 4.42 Å². The van der Waals surface area contributed by atoms with Crippen LogP contribution in [0.15, 0.2) is 68.3 Å². The summed E-state index contributed by atoms with van der Waals surface area (Å²) in [5.41, 5.74) is 2.09. The molecule has 0 unspecified atom stereocenters. The molecule has 0 fully saturated rings. The highest BCUT2D eigenvalue weighted by atomic mass is 32.1. The molecule has 0 saturated carbocycles. The van der Waals surface area contributed by atoms with Crippen LogP contribution in [-0.4, -0.2) is 10.7 Å². The molecule has 0 saturated heterocycles. The molecule has 0 radical (unpaired) electrons. The Morgan fingerprint density at radius 1 is 1.00 bits per heavy atom. The third kappa shape index (κ3) is 2.74. The topological polar surface area (TPSA) is 41.6 Å². The van der Waals surface area contributed by atoms with Crippen molar-refractivity contribution in [1.29, 1.82) is 0 Å². The van der Waals surface area contributed by atoms with Gasteiger partial charge in [0.2, 0.25) is 5.13 Å². The number of hydrogen-bond acceptors (Lipinski definition) is 7. The van der Waals surface area contributed by atoms with Crippen molar-refractivity contribution in [3.63, 3.8) is 0 Å². The summed E-state index contributed by atoms with van der Waals surface area (Å²) in [4.78, 5) is 7.20. The van der Waals surface area contributed by atoms with E-state index in [2.05, 4.69) is 34.3 Å². The van der Waals surface area contributed by atoms with E-state index in [1.165, 1.54) is 9.75 Å². The van der Waals surface area contributed by atoms with Gasteiger partial charge in [-0.15, -0.1) is 34.0 Å². The molecule has 124 valence electrons. The average Bonchev–Trinajstić information content (AvgIpc) is 3.48. The van der Waals surface area contributed by atoms with Crippen LogP contribution in [-0.2, 0) is 0 Å². The number of rotatable bonds is 4. The lowest BCUT2D eigenvalue weighted by Crippen LogP contribution is -2.17. The summed E-state index contributed by atoms with van der Waals surface area (Å²) in [5.74, 6) is 0.920. The predicted octanol–water partition coefficient (Wildman–Crippen LogP) is 5.88. The fourth-order valence-corrected chi connectivity index (χ4v) is 5.19. The summed E-state index contributed by atoms with van der Waals surface area (Å²) < 4.78 is 5.68. The Labute approximate surface area is 156 Å². The lowest BCUT2D eigenvalue weighted by Gasteiger charge is -2.18. The molecule has 1 atom stereocenters. The lowest BCUT2D eigenvalue weighted by atomic mass is 10.1. The van der Waals surface area contributed by atoms with Crippen molar-refractivity contribution in [2.45, 2.75) is 12.5 Å². The van der Waals surface area contributed by atoms with Crippen LogP contribution in [0.4, 0.5) is 5.13 Å².